The van der Waals surface area contributed by atoms with Crippen LogP contribution < -0.4 is 5.73 Å². The number of aromatic nitrogens is 2. The van der Waals surface area contributed by atoms with Gasteiger partial charge >= 0.3 is 0 Å². The van der Waals surface area contributed by atoms with Crippen molar-refractivity contribution in [3.63, 3.8) is 0 Å². The van der Waals surface area contributed by atoms with Crippen molar-refractivity contribution in [1.29, 1.82) is 0 Å². The normalized spacial score (nSPS) is 12.3. The van der Waals surface area contributed by atoms with Crippen LogP contribution in [0.15, 0.2) is 28.8 Å². The minimum absolute atomic E-state index is 0.00911. The molecule has 1 aromatic heterocycles. The van der Waals surface area contributed by atoms with Crippen LogP contribution >= 0.6 is 0 Å². The molecule has 0 aliphatic heterocycles. The molecule has 0 radical (unpaired) electrons. The zero-order chi connectivity index (χ0) is 13.8. The van der Waals surface area contributed by atoms with Gasteiger partial charge < -0.3 is 10.3 Å². The van der Waals surface area contributed by atoms with Gasteiger partial charge in [0, 0.05) is 30.2 Å². The van der Waals surface area contributed by atoms with Gasteiger partial charge in [0.2, 0.25) is 11.7 Å². The Kier molecular flexibility index (Phi) is 3.86. The van der Waals surface area contributed by atoms with Crippen LogP contribution in [0, 0.1) is 10.1 Å². The average Bonchev–Trinajstić information content (AvgIpc) is 2.87. The summed E-state index contributed by atoms with van der Waals surface area (Å²) in [5, 5.41) is 14.4. The Morgan fingerprint density at radius 2 is 2.11 bits per heavy atom. The summed E-state index contributed by atoms with van der Waals surface area (Å²) in [7, 11) is 0. The second-order valence-corrected chi connectivity index (χ2v) is 4.19. The Morgan fingerprint density at radius 1 is 1.42 bits per heavy atom. The van der Waals surface area contributed by atoms with E-state index in [0.717, 1.165) is 6.42 Å². The summed E-state index contributed by atoms with van der Waals surface area (Å²) in [4.78, 5) is 14.3. The Morgan fingerprint density at radius 3 is 2.68 bits per heavy atom. The first-order valence-corrected chi connectivity index (χ1v) is 5.93. The number of hydrogen-bond acceptors (Lipinski definition) is 6. The number of nitro benzene ring substituents is 1. The monoisotopic (exact) mass is 262 g/mol. The van der Waals surface area contributed by atoms with E-state index < -0.39 is 4.92 Å². The van der Waals surface area contributed by atoms with E-state index in [-0.39, 0.29) is 11.7 Å². The van der Waals surface area contributed by atoms with Gasteiger partial charge in [-0.3, -0.25) is 10.1 Å². The second-order valence-electron chi connectivity index (χ2n) is 4.19. The minimum atomic E-state index is -0.453. The van der Waals surface area contributed by atoms with Crippen LogP contribution in [-0.2, 0) is 6.42 Å². The predicted molar refractivity (Wildman–Crippen MR) is 68.4 cm³/mol. The van der Waals surface area contributed by atoms with Gasteiger partial charge in [-0.25, -0.2) is 0 Å². The number of nitrogens with two attached hydrogens (primary N) is 1. The lowest BCUT2D eigenvalue weighted by molar-refractivity contribution is -0.384. The van der Waals surface area contributed by atoms with Crippen molar-refractivity contribution in [2.75, 3.05) is 0 Å². The van der Waals surface area contributed by atoms with E-state index in [1.54, 1.807) is 12.1 Å². The molecule has 2 rings (SSSR count). The first kappa shape index (κ1) is 13.2. The van der Waals surface area contributed by atoms with E-state index in [0.29, 0.717) is 23.7 Å². The summed E-state index contributed by atoms with van der Waals surface area (Å²) in [6.45, 7) is 1.98. The number of non-ortho nitro benzene ring substituents is 1. The summed E-state index contributed by atoms with van der Waals surface area (Å²) >= 11 is 0. The highest BCUT2D eigenvalue weighted by atomic mass is 16.6. The lowest BCUT2D eigenvalue weighted by Gasteiger charge is -2.02. The van der Waals surface area contributed by atoms with E-state index in [2.05, 4.69) is 10.1 Å². The Balaban J connectivity index is 2.16. The second kappa shape index (κ2) is 5.57. The van der Waals surface area contributed by atoms with E-state index in [1.165, 1.54) is 12.1 Å². The largest absolute Gasteiger partial charge is 0.339 e. The van der Waals surface area contributed by atoms with Gasteiger partial charge in [-0.2, -0.15) is 4.98 Å². The minimum Gasteiger partial charge on any atom is -0.339 e. The summed E-state index contributed by atoms with van der Waals surface area (Å²) in [6, 6.07) is 5.98. The van der Waals surface area contributed by atoms with Crippen molar-refractivity contribution < 1.29 is 9.45 Å². The number of rotatable bonds is 5. The standard InChI is InChI=1S/C12H14N4O3/c1-2-9(13)7-11-14-12(15-19-11)8-3-5-10(6-4-8)16(17)18/h3-6,9H,2,7,13H2,1H3. The molecule has 2 aromatic rings. The van der Waals surface area contributed by atoms with Crippen molar-refractivity contribution in [2.45, 2.75) is 25.8 Å². The van der Waals surface area contributed by atoms with Crippen molar-refractivity contribution in [3.05, 3.63) is 40.3 Å². The molecule has 1 atom stereocenters. The third-order valence-electron chi connectivity index (χ3n) is 2.77. The fraction of sp³-hybridized carbons (Fsp3) is 0.333. The number of nitro groups is 1. The molecular weight excluding hydrogens is 248 g/mol. The third kappa shape index (κ3) is 3.14. The molecule has 1 aromatic carbocycles. The molecular formula is C12H14N4O3. The van der Waals surface area contributed by atoms with Crippen LogP contribution in [0.3, 0.4) is 0 Å². The SMILES string of the molecule is CCC(N)Cc1nc(-c2ccc([N+](=O)[O-])cc2)no1. The van der Waals surface area contributed by atoms with E-state index in [1.807, 2.05) is 6.92 Å². The van der Waals surface area contributed by atoms with Crippen LogP contribution in [0.2, 0.25) is 0 Å². The summed E-state index contributed by atoms with van der Waals surface area (Å²) in [5.74, 6) is 0.885. The average molecular weight is 262 g/mol. The quantitative estimate of drug-likeness (QED) is 0.651. The topological polar surface area (TPSA) is 108 Å². The molecule has 0 fully saturated rings. The number of benzene rings is 1. The fourth-order valence-corrected chi connectivity index (χ4v) is 1.56. The van der Waals surface area contributed by atoms with Gasteiger partial charge in [-0.1, -0.05) is 12.1 Å². The molecule has 0 bridgehead atoms. The Hall–Kier alpha value is -2.28. The molecule has 19 heavy (non-hydrogen) atoms. The highest BCUT2D eigenvalue weighted by molar-refractivity contribution is 5.56. The maximum absolute atomic E-state index is 10.5. The number of hydrogen-bond donors (Lipinski definition) is 1. The summed E-state index contributed by atoms with van der Waals surface area (Å²) < 4.78 is 5.09. The lowest BCUT2D eigenvalue weighted by atomic mass is 10.1. The molecule has 0 aliphatic carbocycles. The zero-order valence-corrected chi connectivity index (χ0v) is 10.4. The van der Waals surface area contributed by atoms with Gasteiger partial charge in [0.1, 0.15) is 0 Å². The maximum atomic E-state index is 10.5. The van der Waals surface area contributed by atoms with Crippen LogP contribution in [0.5, 0.6) is 0 Å². The lowest BCUT2D eigenvalue weighted by Crippen LogP contribution is -2.21. The molecule has 7 nitrogen and oxygen atoms in total. The van der Waals surface area contributed by atoms with Crippen molar-refractivity contribution in [2.24, 2.45) is 5.73 Å². The maximum Gasteiger partial charge on any atom is 0.269 e. The highest BCUT2D eigenvalue weighted by Gasteiger charge is 2.12. The molecule has 7 heteroatoms. The zero-order valence-electron chi connectivity index (χ0n) is 10.4. The van der Waals surface area contributed by atoms with Gasteiger partial charge in [0.25, 0.3) is 5.69 Å². The molecule has 1 heterocycles. The van der Waals surface area contributed by atoms with Crippen LogP contribution in [0.1, 0.15) is 19.2 Å². The summed E-state index contributed by atoms with van der Waals surface area (Å²) in [6.07, 6.45) is 1.35. The van der Waals surface area contributed by atoms with Crippen LogP contribution in [0.4, 0.5) is 5.69 Å². The molecule has 0 amide bonds. The first-order valence-electron chi connectivity index (χ1n) is 5.93. The number of nitrogens with zero attached hydrogens (tertiary/aromatic N) is 3. The van der Waals surface area contributed by atoms with Gasteiger partial charge in [-0.05, 0) is 18.6 Å². The molecule has 0 saturated carbocycles. The molecule has 100 valence electrons. The Bertz CT molecular complexity index is 565. The van der Waals surface area contributed by atoms with E-state index in [4.69, 9.17) is 10.3 Å². The molecule has 0 saturated heterocycles. The highest BCUT2D eigenvalue weighted by Crippen LogP contribution is 2.20. The first-order chi connectivity index (χ1) is 9.10. The fourth-order valence-electron chi connectivity index (χ4n) is 1.56. The predicted octanol–water partition coefficient (Wildman–Crippen LogP) is 1.92. The van der Waals surface area contributed by atoms with Gasteiger partial charge in [0.05, 0.1) is 4.92 Å². The molecule has 0 aliphatic rings. The molecule has 1 unspecified atom stereocenters. The molecule has 2 N–H and O–H groups in total. The van der Waals surface area contributed by atoms with Crippen molar-refractivity contribution >= 4 is 5.69 Å². The van der Waals surface area contributed by atoms with Crippen LogP contribution in [0.25, 0.3) is 11.4 Å². The van der Waals surface area contributed by atoms with E-state index >= 15 is 0 Å². The molecule has 0 spiro atoms. The van der Waals surface area contributed by atoms with Gasteiger partial charge in [-0.15, -0.1) is 0 Å². The summed E-state index contributed by atoms with van der Waals surface area (Å²) in [5.41, 5.74) is 6.50. The smallest absolute Gasteiger partial charge is 0.269 e. The van der Waals surface area contributed by atoms with E-state index in [9.17, 15) is 10.1 Å². The third-order valence-corrected chi connectivity index (χ3v) is 2.77. The van der Waals surface area contributed by atoms with Crippen molar-refractivity contribution in [1.82, 2.24) is 10.1 Å². The Labute approximate surface area is 109 Å². The van der Waals surface area contributed by atoms with Crippen LogP contribution in [-0.4, -0.2) is 21.1 Å². The van der Waals surface area contributed by atoms with Gasteiger partial charge in [0.15, 0.2) is 0 Å². The van der Waals surface area contributed by atoms with Crippen molar-refractivity contribution in [3.8, 4) is 11.4 Å².